The summed E-state index contributed by atoms with van der Waals surface area (Å²) in [4.78, 5) is 0.272. The molecule has 0 atom stereocenters. The molecule has 5 nitrogen and oxygen atoms in total. The van der Waals surface area contributed by atoms with Crippen LogP contribution in [0.25, 0.3) is 11.6 Å². The Hall–Kier alpha value is -3.12. The molecule has 1 aliphatic rings. The van der Waals surface area contributed by atoms with Crippen LogP contribution in [-0.4, -0.2) is 29.3 Å². The number of sulfonamides is 1. The number of aryl methyl sites for hydroxylation is 2. The summed E-state index contributed by atoms with van der Waals surface area (Å²) in [5.41, 5.74) is 9.54. The van der Waals surface area contributed by atoms with Crippen molar-refractivity contribution in [2.24, 2.45) is 0 Å². The Morgan fingerprint density at radius 1 is 0.812 bits per heavy atom. The van der Waals surface area contributed by atoms with Crippen LogP contribution in [0.1, 0.15) is 27.8 Å². The summed E-state index contributed by atoms with van der Waals surface area (Å²) in [6.07, 6.45) is 5.76. The van der Waals surface area contributed by atoms with Gasteiger partial charge in [0, 0.05) is 17.5 Å². The van der Waals surface area contributed by atoms with Crippen LogP contribution in [0.2, 0.25) is 0 Å². The van der Waals surface area contributed by atoms with E-state index in [4.69, 9.17) is 0 Å². The van der Waals surface area contributed by atoms with Gasteiger partial charge in [-0.05, 0) is 71.0 Å². The highest BCUT2D eigenvalue weighted by Gasteiger charge is 2.20. The van der Waals surface area contributed by atoms with Crippen LogP contribution in [0, 0.1) is 0 Å². The van der Waals surface area contributed by atoms with Crippen LogP contribution in [0.15, 0.2) is 77.4 Å². The first kappa shape index (κ1) is 22.1. The second kappa shape index (κ2) is 8.43. The normalized spacial score (nSPS) is 13.4. The van der Waals surface area contributed by atoms with Crippen molar-refractivity contribution in [2.75, 3.05) is 17.2 Å². The van der Waals surface area contributed by atoms with Gasteiger partial charge in [-0.25, -0.2) is 16.8 Å². The lowest BCUT2D eigenvalue weighted by Crippen LogP contribution is -2.09. The number of fused-ring (bicyclic) bond motifs is 2. The molecule has 1 N–H and O–H groups in total. The van der Waals surface area contributed by atoms with Gasteiger partial charge in [0.2, 0.25) is 10.0 Å². The summed E-state index contributed by atoms with van der Waals surface area (Å²) in [7, 11) is -6.73. The maximum atomic E-state index is 12.2. The maximum absolute atomic E-state index is 12.2. The number of rotatable bonds is 4. The summed E-state index contributed by atoms with van der Waals surface area (Å²) in [5.74, 6) is 0. The van der Waals surface area contributed by atoms with Crippen molar-refractivity contribution >= 4 is 37.2 Å². The van der Waals surface area contributed by atoms with E-state index >= 15 is 0 Å². The topological polar surface area (TPSA) is 80.3 Å². The Morgan fingerprint density at radius 3 is 2.25 bits per heavy atom. The lowest BCUT2D eigenvalue weighted by molar-refractivity contribution is 0.601. The Kier molecular flexibility index (Phi) is 5.82. The van der Waals surface area contributed by atoms with Gasteiger partial charge < -0.3 is 0 Å². The highest BCUT2D eigenvalue weighted by molar-refractivity contribution is 7.92. The van der Waals surface area contributed by atoms with E-state index < -0.39 is 19.9 Å². The van der Waals surface area contributed by atoms with Gasteiger partial charge in [0.05, 0.1) is 11.2 Å². The van der Waals surface area contributed by atoms with Crippen LogP contribution in [-0.2, 0) is 32.7 Å². The molecule has 1 aliphatic carbocycles. The Bertz CT molecular complexity index is 1480. The van der Waals surface area contributed by atoms with Gasteiger partial charge >= 0.3 is 0 Å². The Labute approximate surface area is 189 Å². The zero-order valence-corrected chi connectivity index (χ0v) is 19.4. The van der Waals surface area contributed by atoms with Gasteiger partial charge in [-0.1, -0.05) is 42.5 Å². The average molecular weight is 466 g/mol. The minimum atomic E-state index is -3.38. The van der Waals surface area contributed by atoms with E-state index in [1.165, 1.54) is 11.8 Å². The lowest BCUT2D eigenvalue weighted by atomic mass is 9.94. The Morgan fingerprint density at radius 2 is 1.53 bits per heavy atom. The van der Waals surface area contributed by atoms with Gasteiger partial charge in [-0.3, -0.25) is 4.72 Å². The van der Waals surface area contributed by atoms with Gasteiger partial charge in [0.15, 0.2) is 9.84 Å². The summed E-state index contributed by atoms with van der Waals surface area (Å²) < 4.78 is 50.0. The molecule has 0 heterocycles. The van der Waals surface area contributed by atoms with Crippen molar-refractivity contribution in [3.05, 3.63) is 100 Å². The minimum Gasteiger partial charge on any atom is -0.284 e. The highest BCUT2D eigenvalue weighted by Crippen LogP contribution is 2.34. The van der Waals surface area contributed by atoms with Crippen LogP contribution < -0.4 is 4.72 Å². The third-order valence-corrected chi connectivity index (χ3v) is 7.02. The number of hydrogen-bond acceptors (Lipinski definition) is 4. The smallest absolute Gasteiger partial charge is 0.229 e. The molecule has 0 fully saturated rings. The molecule has 0 aliphatic heterocycles. The monoisotopic (exact) mass is 465 g/mol. The number of sulfone groups is 1. The maximum Gasteiger partial charge on any atom is 0.229 e. The van der Waals surface area contributed by atoms with Crippen molar-refractivity contribution in [1.29, 1.82) is 0 Å². The second-order valence-corrected chi connectivity index (χ2v) is 11.7. The first-order chi connectivity index (χ1) is 15.1. The summed E-state index contributed by atoms with van der Waals surface area (Å²) in [6.45, 7) is 0. The quantitative estimate of drug-likeness (QED) is 0.583. The first-order valence-corrected chi connectivity index (χ1v) is 13.8. The van der Waals surface area contributed by atoms with Crippen molar-refractivity contribution in [1.82, 2.24) is 0 Å². The van der Waals surface area contributed by atoms with Crippen LogP contribution in [0.3, 0.4) is 0 Å². The fourth-order valence-corrected chi connectivity index (χ4v) is 5.05. The van der Waals surface area contributed by atoms with E-state index in [0.29, 0.717) is 5.69 Å². The van der Waals surface area contributed by atoms with Crippen LogP contribution in [0.5, 0.6) is 0 Å². The minimum absolute atomic E-state index is 0.272. The van der Waals surface area contributed by atoms with E-state index in [1.54, 1.807) is 36.4 Å². The third kappa shape index (κ3) is 5.02. The molecule has 32 heavy (non-hydrogen) atoms. The molecule has 164 valence electrons. The molecular formula is C25H23NO4S2. The van der Waals surface area contributed by atoms with Gasteiger partial charge in [-0.2, -0.15) is 0 Å². The van der Waals surface area contributed by atoms with E-state index in [0.717, 1.165) is 46.9 Å². The number of anilines is 1. The van der Waals surface area contributed by atoms with E-state index in [-0.39, 0.29) is 4.90 Å². The molecule has 0 radical (unpaired) electrons. The van der Waals surface area contributed by atoms with Crippen LogP contribution >= 0.6 is 0 Å². The predicted octanol–water partition coefficient (Wildman–Crippen LogP) is 4.30. The van der Waals surface area contributed by atoms with Gasteiger partial charge in [0.25, 0.3) is 0 Å². The second-order valence-electron chi connectivity index (χ2n) is 7.91. The van der Waals surface area contributed by atoms with Gasteiger partial charge in [0.1, 0.15) is 0 Å². The molecule has 0 spiro atoms. The molecule has 0 amide bonds. The fraction of sp³-hybridized carbons (Fsp3) is 0.160. The molecule has 0 aromatic heterocycles. The number of benzene rings is 3. The van der Waals surface area contributed by atoms with Crippen molar-refractivity contribution < 1.29 is 16.8 Å². The molecule has 0 unspecified atom stereocenters. The standard InChI is InChI=1S/C25H23NO4S2/c1-31(27,28)22-14-13-20-12-11-19-7-3-4-9-23(19)24(25(20)17-22)15-10-18-6-5-8-21(16-18)26-32(2,29)30/h3-10,13-14,16-17,26H,11-12H2,1-2H3. The summed E-state index contributed by atoms with van der Waals surface area (Å²) in [5, 5.41) is 0. The zero-order valence-electron chi connectivity index (χ0n) is 17.8. The largest absolute Gasteiger partial charge is 0.284 e. The molecule has 4 rings (SSSR count). The molecular weight excluding hydrogens is 442 g/mol. The van der Waals surface area contributed by atoms with Crippen LogP contribution in [0.4, 0.5) is 5.69 Å². The molecule has 0 saturated heterocycles. The van der Waals surface area contributed by atoms with Crippen molar-refractivity contribution in [3.63, 3.8) is 0 Å². The summed E-state index contributed by atoms with van der Waals surface area (Å²) in [6, 6.07) is 20.4. The fourth-order valence-electron chi connectivity index (χ4n) is 3.85. The van der Waals surface area contributed by atoms with Crippen molar-refractivity contribution in [3.8, 4) is 0 Å². The zero-order chi connectivity index (χ0) is 22.9. The molecule has 7 heteroatoms. The Balaban J connectivity index is 1.91. The molecule has 0 saturated carbocycles. The highest BCUT2D eigenvalue weighted by atomic mass is 32.2. The van der Waals surface area contributed by atoms with E-state index in [9.17, 15) is 16.8 Å². The first-order valence-electron chi connectivity index (χ1n) is 10.1. The van der Waals surface area contributed by atoms with Gasteiger partial charge in [-0.15, -0.1) is 5.73 Å². The average Bonchev–Trinajstić information content (AvgIpc) is 2.87. The number of nitrogens with one attached hydrogen (secondary N) is 1. The third-order valence-electron chi connectivity index (χ3n) is 5.30. The summed E-state index contributed by atoms with van der Waals surface area (Å²) >= 11 is 0. The SMILES string of the molecule is CS(=O)(=O)Nc1cccc(C=C=C2c3ccccc3CCc3ccc(S(C)(=O)=O)cc32)c1. The predicted molar refractivity (Wildman–Crippen MR) is 129 cm³/mol. The van der Waals surface area contributed by atoms with E-state index in [1.807, 2.05) is 30.3 Å². The molecule has 3 aromatic rings. The molecule has 3 aromatic carbocycles. The van der Waals surface area contributed by atoms with E-state index in [2.05, 4.69) is 16.5 Å². The lowest BCUT2D eigenvalue weighted by Gasteiger charge is -2.11. The van der Waals surface area contributed by atoms with Crippen molar-refractivity contribution in [2.45, 2.75) is 17.7 Å². The number of hydrogen-bond donors (Lipinski definition) is 1. The molecule has 0 bridgehead atoms.